The Balaban J connectivity index is 0.000000261. The predicted octanol–water partition coefficient (Wildman–Crippen LogP) is -0.516. The first kappa shape index (κ1) is 11.1. The van der Waals surface area contributed by atoms with E-state index in [0.29, 0.717) is 0 Å². The van der Waals surface area contributed by atoms with Gasteiger partial charge in [-0.1, -0.05) is 6.07 Å². The molecule has 67 valence electrons. The van der Waals surface area contributed by atoms with E-state index in [1.165, 1.54) is 18.2 Å². The van der Waals surface area contributed by atoms with Crippen LogP contribution in [0.1, 0.15) is 0 Å². The van der Waals surface area contributed by atoms with Gasteiger partial charge in [0.05, 0.1) is 0 Å². The molecule has 6 heteroatoms. The molecular weight excluding hydrogens is 227 g/mol. The number of phenols is 2. The molecule has 5 nitrogen and oxygen atoms in total. The topological polar surface area (TPSA) is 98.0 Å². The maximum Gasteiger partial charge on any atom is 0.119 e. The summed E-state index contributed by atoms with van der Waals surface area (Å²) in [5.74, 6) is 0.176. The van der Waals surface area contributed by atoms with Crippen molar-refractivity contribution in [3.05, 3.63) is 24.3 Å². The Morgan fingerprint density at radius 1 is 1.08 bits per heavy atom. The van der Waals surface area contributed by atoms with Crippen LogP contribution in [0.5, 0.6) is 11.5 Å². The molecule has 1 radical (unpaired) electrons. The molecule has 0 saturated carbocycles. The Morgan fingerprint density at radius 2 is 1.42 bits per heavy atom. The molecule has 0 aromatic heterocycles. The molecule has 4 N–H and O–H groups in total. The van der Waals surface area contributed by atoms with Crippen LogP contribution in [0.3, 0.4) is 0 Å². The van der Waals surface area contributed by atoms with Crippen LogP contribution < -0.4 is 0 Å². The van der Waals surface area contributed by atoms with Gasteiger partial charge in [-0.3, -0.25) is 0 Å². The molecule has 1 aromatic rings. The van der Waals surface area contributed by atoms with Crippen molar-refractivity contribution in [3.8, 4) is 11.5 Å². The first-order chi connectivity index (χ1) is 5.52. The summed E-state index contributed by atoms with van der Waals surface area (Å²) in [6.45, 7) is 0. The molecular formula is C6H8AsO5. The van der Waals surface area contributed by atoms with E-state index in [1.54, 1.807) is 6.07 Å². The first-order valence-corrected chi connectivity index (χ1v) is 5.30. The minimum atomic E-state index is -3.44. The van der Waals surface area contributed by atoms with Crippen molar-refractivity contribution in [2.24, 2.45) is 0 Å². The molecule has 0 saturated heterocycles. The van der Waals surface area contributed by atoms with Crippen LogP contribution in [0.2, 0.25) is 0 Å². The van der Waals surface area contributed by atoms with Gasteiger partial charge in [0, 0.05) is 6.07 Å². The minimum absolute atomic E-state index is 0.0880. The second-order valence-electron chi connectivity index (χ2n) is 1.77. The van der Waals surface area contributed by atoms with Crippen molar-refractivity contribution in [3.63, 3.8) is 0 Å². The van der Waals surface area contributed by atoms with Crippen LogP contribution in [-0.4, -0.2) is 33.7 Å². The second kappa shape index (κ2) is 5.71. The Hall–Kier alpha value is -0.902. The summed E-state index contributed by atoms with van der Waals surface area (Å²) in [4.78, 5) is 0. The van der Waals surface area contributed by atoms with Crippen LogP contribution in [0, 0.1) is 0 Å². The SMILES string of the molecule is O=[As](O)O.Oc1cccc(O)c1. The standard InChI is InChI=1S/C6H6O2.AsH2O3/c7-5-2-1-3-6(8)4-5;2-1(3)4/h1-4,7-8H;(H2,2,3,4). The molecule has 1 aromatic carbocycles. The van der Waals surface area contributed by atoms with Gasteiger partial charge in [-0.2, -0.15) is 0 Å². The summed E-state index contributed by atoms with van der Waals surface area (Å²) in [7, 11) is 0. The van der Waals surface area contributed by atoms with Gasteiger partial charge >= 0.3 is 27.2 Å². The van der Waals surface area contributed by atoms with Gasteiger partial charge in [0.2, 0.25) is 0 Å². The van der Waals surface area contributed by atoms with Crippen molar-refractivity contribution in [1.29, 1.82) is 0 Å². The van der Waals surface area contributed by atoms with E-state index in [4.69, 9.17) is 22.1 Å². The van der Waals surface area contributed by atoms with Crippen molar-refractivity contribution in [2.45, 2.75) is 0 Å². The van der Waals surface area contributed by atoms with Gasteiger partial charge in [-0.15, -0.1) is 0 Å². The van der Waals surface area contributed by atoms with E-state index in [1.807, 2.05) is 0 Å². The third-order valence-electron chi connectivity index (χ3n) is 0.830. The van der Waals surface area contributed by atoms with E-state index in [0.717, 1.165) is 0 Å². The molecule has 0 aliphatic heterocycles. The van der Waals surface area contributed by atoms with E-state index in [2.05, 4.69) is 0 Å². The van der Waals surface area contributed by atoms with E-state index >= 15 is 0 Å². The van der Waals surface area contributed by atoms with Gasteiger partial charge in [-0.05, 0) is 12.1 Å². The molecule has 0 atom stereocenters. The first-order valence-electron chi connectivity index (χ1n) is 2.85. The fraction of sp³-hybridized carbons (Fsp3) is 0. The Kier molecular flexibility index (Phi) is 5.28. The number of phenolic OH excluding ortho intramolecular Hbond substituents is 2. The van der Waals surface area contributed by atoms with Gasteiger partial charge in [0.15, 0.2) is 0 Å². The molecule has 0 aliphatic carbocycles. The van der Waals surface area contributed by atoms with E-state index in [9.17, 15) is 0 Å². The Bertz CT molecular complexity index is 241. The molecule has 0 heterocycles. The minimum Gasteiger partial charge on any atom is -0.508 e. The van der Waals surface area contributed by atoms with Gasteiger partial charge in [0.1, 0.15) is 11.5 Å². The second-order valence-corrected chi connectivity index (χ2v) is 2.83. The summed E-state index contributed by atoms with van der Waals surface area (Å²) in [6.07, 6.45) is 0. The zero-order valence-corrected chi connectivity index (χ0v) is 7.83. The monoisotopic (exact) mass is 235 g/mol. The molecule has 0 bridgehead atoms. The average Bonchev–Trinajstić information content (AvgIpc) is 1.84. The molecule has 12 heavy (non-hydrogen) atoms. The zero-order valence-electron chi connectivity index (χ0n) is 5.95. The van der Waals surface area contributed by atoms with Crippen LogP contribution in [0.25, 0.3) is 0 Å². The smallest absolute Gasteiger partial charge is 0.119 e. The molecule has 0 spiro atoms. The van der Waals surface area contributed by atoms with Gasteiger partial charge in [0.25, 0.3) is 0 Å². The largest absolute Gasteiger partial charge is 0.508 e. The number of hydrogen-bond donors (Lipinski definition) is 4. The summed E-state index contributed by atoms with van der Waals surface area (Å²) in [5.41, 5.74) is 0. The van der Waals surface area contributed by atoms with Crippen molar-refractivity contribution in [1.82, 2.24) is 0 Å². The molecule has 0 amide bonds. The van der Waals surface area contributed by atoms with Crippen LogP contribution in [0.15, 0.2) is 24.3 Å². The third kappa shape index (κ3) is 7.21. The molecule has 0 unspecified atom stereocenters. The predicted molar refractivity (Wildman–Crippen MR) is 40.6 cm³/mol. The normalized spacial score (nSPS) is 8.17. The van der Waals surface area contributed by atoms with Crippen LogP contribution in [-0.2, 0) is 3.74 Å². The van der Waals surface area contributed by atoms with Crippen molar-refractivity contribution >= 4 is 15.3 Å². The third-order valence-corrected chi connectivity index (χ3v) is 0.830. The number of aromatic hydroxyl groups is 2. The van der Waals surface area contributed by atoms with Crippen LogP contribution >= 0.6 is 0 Å². The Labute approximate surface area is 73.7 Å². The fourth-order valence-corrected chi connectivity index (χ4v) is 0.493. The van der Waals surface area contributed by atoms with Crippen molar-refractivity contribution in [2.75, 3.05) is 0 Å². The zero-order chi connectivity index (χ0) is 9.56. The summed E-state index contributed by atoms with van der Waals surface area (Å²) in [6, 6.07) is 5.85. The summed E-state index contributed by atoms with van der Waals surface area (Å²) >= 11 is -3.44. The molecule has 0 aliphatic rings. The molecule has 1 rings (SSSR count). The average molecular weight is 235 g/mol. The number of rotatable bonds is 0. The maximum absolute atomic E-state index is 8.78. The van der Waals surface area contributed by atoms with Crippen molar-refractivity contribution < 1.29 is 22.1 Å². The van der Waals surface area contributed by atoms with E-state index in [-0.39, 0.29) is 11.5 Å². The van der Waals surface area contributed by atoms with Gasteiger partial charge in [-0.25, -0.2) is 0 Å². The van der Waals surface area contributed by atoms with Gasteiger partial charge < -0.3 is 10.2 Å². The summed E-state index contributed by atoms with van der Waals surface area (Å²) in [5, 5.41) is 17.3. The number of hydrogen-bond acceptors (Lipinski definition) is 3. The Morgan fingerprint density at radius 3 is 1.58 bits per heavy atom. The molecule has 0 fully saturated rings. The summed E-state index contributed by atoms with van der Waals surface area (Å²) < 4.78 is 23.2. The number of benzene rings is 1. The fourth-order valence-electron chi connectivity index (χ4n) is 0.493. The quantitative estimate of drug-likeness (QED) is 0.454. The van der Waals surface area contributed by atoms with E-state index < -0.39 is 15.3 Å². The van der Waals surface area contributed by atoms with Crippen LogP contribution in [0.4, 0.5) is 0 Å². The maximum atomic E-state index is 8.78.